The van der Waals surface area contributed by atoms with E-state index in [0.717, 1.165) is 0 Å². The highest BCUT2D eigenvalue weighted by Gasteiger charge is 2.99. The summed E-state index contributed by atoms with van der Waals surface area (Å²) in [6.45, 7) is -0.00718. The summed E-state index contributed by atoms with van der Waals surface area (Å²) in [5, 5.41) is 8.21. The van der Waals surface area contributed by atoms with Gasteiger partial charge in [-0.3, -0.25) is 4.79 Å². The Morgan fingerprint density at radius 2 is 1.44 bits per heavy atom. The van der Waals surface area contributed by atoms with Crippen LogP contribution in [0.4, 0.5) is 30.7 Å². The van der Waals surface area contributed by atoms with Gasteiger partial charge in [0.1, 0.15) is 11.6 Å². The van der Waals surface area contributed by atoms with Crippen molar-refractivity contribution in [3.8, 4) is 0 Å². The molecule has 0 radical (unpaired) electrons. The fourth-order valence-corrected chi connectivity index (χ4v) is 2.04. The van der Waals surface area contributed by atoms with Crippen molar-refractivity contribution in [3.63, 3.8) is 0 Å². The molecule has 0 saturated heterocycles. The number of alkyl halides is 7. The standard InChI is InChI=1S/C7H5F7O2/c1-4(8)2(3(15)16)5(4,6(9,10)11)7(12,13)14/h2H,1H3,(H,15,16). The van der Waals surface area contributed by atoms with Gasteiger partial charge in [0.15, 0.2) is 0 Å². The first-order valence-electron chi connectivity index (χ1n) is 3.87. The Hall–Kier alpha value is -1.02. The van der Waals surface area contributed by atoms with E-state index in [4.69, 9.17) is 5.11 Å². The van der Waals surface area contributed by atoms with Gasteiger partial charge in [-0.1, -0.05) is 0 Å². The fourth-order valence-electron chi connectivity index (χ4n) is 2.04. The lowest BCUT2D eigenvalue weighted by molar-refractivity contribution is -0.315. The van der Waals surface area contributed by atoms with E-state index in [9.17, 15) is 35.5 Å². The van der Waals surface area contributed by atoms with Crippen LogP contribution in [0.15, 0.2) is 0 Å². The van der Waals surface area contributed by atoms with Crippen LogP contribution in [-0.4, -0.2) is 29.1 Å². The highest BCUT2D eigenvalue weighted by atomic mass is 19.4. The molecule has 0 aliphatic heterocycles. The predicted octanol–water partition coefficient (Wildman–Crippen LogP) is 2.54. The lowest BCUT2D eigenvalue weighted by Gasteiger charge is -2.24. The van der Waals surface area contributed by atoms with E-state index >= 15 is 0 Å². The van der Waals surface area contributed by atoms with Crippen LogP contribution < -0.4 is 0 Å². The Balaban J connectivity index is 3.38. The minimum atomic E-state index is -6.00. The zero-order valence-corrected chi connectivity index (χ0v) is 7.58. The number of halogens is 7. The van der Waals surface area contributed by atoms with E-state index in [0.29, 0.717) is 0 Å². The second-order valence-corrected chi connectivity index (χ2v) is 3.65. The Kier molecular flexibility index (Phi) is 2.29. The third kappa shape index (κ3) is 1.17. The molecule has 1 N–H and O–H groups in total. The van der Waals surface area contributed by atoms with E-state index in [1.165, 1.54) is 0 Å². The zero-order valence-electron chi connectivity index (χ0n) is 7.58. The van der Waals surface area contributed by atoms with Gasteiger partial charge < -0.3 is 5.11 Å². The van der Waals surface area contributed by atoms with Crippen LogP contribution in [0.3, 0.4) is 0 Å². The third-order valence-electron chi connectivity index (χ3n) is 2.80. The number of rotatable bonds is 1. The van der Waals surface area contributed by atoms with Gasteiger partial charge in [0.25, 0.3) is 0 Å². The molecular formula is C7H5F7O2. The maximum Gasteiger partial charge on any atom is 0.407 e. The van der Waals surface area contributed by atoms with Gasteiger partial charge in [0, 0.05) is 0 Å². The van der Waals surface area contributed by atoms with E-state index in [1.807, 2.05) is 0 Å². The van der Waals surface area contributed by atoms with Gasteiger partial charge in [-0.25, -0.2) is 4.39 Å². The summed E-state index contributed by atoms with van der Waals surface area (Å²) in [4.78, 5) is 10.2. The summed E-state index contributed by atoms with van der Waals surface area (Å²) in [5.74, 6) is -5.61. The van der Waals surface area contributed by atoms with E-state index in [-0.39, 0.29) is 6.92 Å². The summed E-state index contributed by atoms with van der Waals surface area (Å²) < 4.78 is 86.9. The summed E-state index contributed by atoms with van der Waals surface area (Å²) in [7, 11) is 0. The van der Waals surface area contributed by atoms with Crippen molar-refractivity contribution >= 4 is 5.97 Å². The van der Waals surface area contributed by atoms with Gasteiger partial charge in [0.2, 0.25) is 5.41 Å². The summed E-state index contributed by atoms with van der Waals surface area (Å²) >= 11 is 0. The average Bonchev–Trinajstić information content (AvgIpc) is 2.45. The molecule has 2 nitrogen and oxygen atoms in total. The van der Waals surface area contributed by atoms with Crippen molar-refractivity contribution in [2.75, 3.05) is 0 Å². The molecule has 0 aromatic heterocycles. The molecule has 1 saturated carbocycles. The molecule has 94 valence electrons. The molecule has 0 spiro atoms. The highest BCUT2D eigenvalue weighted by Crippen LogP contribution is 2.77. The molecule has 1 rings (SSSR count). The molecule has 0 amide bonds. The van der Waals surface area contributed by atoms with Crippen molar-refractivity contribution in [1.82, 2.24) is 0 Å². The minimum absolute atomic E-state index is 0.00718. The molecule has 0 bridgehead atoms. The van der Waals surface area contributed by atoms with Crippen LogP contribution in [0.1, 0.15) is 6.92 Å². The molecule has 1 aliphatic carbocycles. The summed E-state index contributed by atoms with van der Waals surface area (Å²) in [5.41, 5.74) is -8.69. The van der Waals surface area contributed by atoms with Crippen LogP contribution in [0.25, 0.3) is 0 Å². The van der Waals surface area contributed by atoms with Gasteiger partial charge in [0.05, 0.1) is 0 Å². The second kappa shape index (κ2) is 2.80. The van der Waals surface area contributed by atoms with Gasteiger partial charge in [-0.05, 0) is 6.92 Å². The molecule has 9 heteroatoms. The fraction of sp³-hybridized carbons (Fsp3) is 0.857. The number of carboxylic acids is 1. The van der Waals surface area contributed by atoms with Crippen molar-refractivity contribution in [2.45, 2.75) is 24.9 Å². The number of carboxylic acid groups (broad SMARTS) is 1. The third-order valence-corrected chi connectivity index (χ3v) is 2.80. The Labute approximate surface area is 84.0 Å². The maximum atomic E-state index is 13.2. The first-order valence-corrected chi connectivity index (χ1v) is 3.87. The quantitative estimate of drug-likeness (QED) is 0.730. The summed E-state index contributed by atoms with van der Waals surface area (Å²) in [6, 6.07) is 0. The van der Waals surface area contributed by atoms with Gasteiger partial charge in [-0.15, -0.1) is 0 Å². The van der Waals surface area contributed by atoms with Gasteiger partial charge in [-0.2, -0.15) is 26.3 Å². The predicted molar refractivity (Wildman–Crippen MR) is 35.2 cm³/mol. The van der Waals surface area contributed by atoms with E-state index in [2.05, 4.69) is 0 Å². The van der Waals surface area contributed by atoms with Gasteiger partial charge >= 0.3 is 18.3 Å². The first kappa shape index (κ1) is 13.0. The van der Waals surface area contributed by atoms with Crippen molar-refractivity contribution < 1.29 is 40.6 Å². The molecule has 0 heterocycles. The van der Waals surface area contributed by atoms with Crippen LogP contribution in [-0.2, 0) is 4.79 Å². The zero-order chi connectivity index (χ0) is 13.2. The van der Waals surface area contributed by atoms with Crippen LogP contribution in [0.5, 0.6) is 0 Å². The first-order chi connectivity index (χ1) is 6.82. The molecule has 1 fully saturated rings. The Morgan fingerprint density at radius 3 is 1.50 bits per heavy atom. The van der Waals surface area contributed by atoms with E-state index in [1.54, 1.807) is 0 Å². The average molecular weight is 254 g/mol. The lowest BCUT2D eigenvalue weighted by Crippen LogP contribution is -2.44. The monoisotopic (exact) mass is 254 g/mol. The molecule has 0 aromatic carbocycles. The molecule has 2 atom stereocenters. The largest absolute Gasteiger partial charge is 0.481 e. The molecule has 1 aliphatic rings. The second-order valence-electron chi connectivity index (χ2n) is 3.65. The number of hydrogen-bond acceptors (Lipinski definition) is 1. The van der Waals surface area contributed by atoms with Crippen molar-refractivity contribution in [1.29, 1.82) is 0 Å². The number of hydrogen-bond donors (Lipinski definition) is 1. The SMILES string of the molecule is CC1(F)C(C(=O)O)C1(C(F)(F)F)C(F)(F)F. The lowest BCUT2D eigenvalue weighted by atomic mass is 10.00. The summed E-state index contributed by atoms with van der Waals surface area (Å²) in [6.07, 6.45) is -12.0. The van der Waals surface area contributed by atoms with Crippen LogP contribution in [0.2, 0.25) is 0 Å². The number of carbonyl (C=O) groups is 1. The topological polar surface area (TPSA) is 37.3 Å². The van der Waals surface area contributed by atoms with Crippen LogP contribution >= 0.6 is 0 Å². The molecule has 0 aromatic rings. The Morgan fingerprint density at radius 1 is 1.12 bits per heavy atom. The highest BCUT2D eigenvalue weighted by molar-refractivity contribution is 5.79. The van der Waals surface area contributed by atoms with Crippen LogP contribution in [0, 0.1) is 11.3 Å². The van der Waals surface area contributed by atoms with E-state index < -0.39 is 35.3 Å². The molecule has 16 heavy (non-hydrogen) atoms. The smallest absolute Gasteiger partial charge is 0.407 e. The Bertz CT molecular complexity index is 313. The molecular weight excluding hydrogens is 249 g/mol. The minimum Gasteiger partial charge on any atom is -0.481 e. The molecule has 2 unspecified atom stereocenters. The normalized spacial score (nSPS) is 33.6. The maximum absolute atomic E-state index is 13.2. The van der Waals surface area contributed by atoms with Crippen molar-refractivity contribution in [3.05, 3.63) is 0 Å². The number of aliphatic carboxylic acids is 1. The van der Waals surface area contributed by atoms with Crippen molar-refractivity contribution in [2.24, 2.45) is 11.3 Å².